The Kier molecular flexibility index (Phi) is 4.27. The number of fused-ring (bicyclic) bond motifs is 1. The molecule has 3 rings (SSSR count). The molecule has 1 unspecified atom stereocenters. The second-order valence-electron chi connectivity index (χ2n) is 5.60. The lowest BCUT2D eigenvalue weighted by Gasteiger charge is -2.35. The number of piperidine rings is 1. The molecule has 108 valence electrons. The van der Waals surface area contributed by atoms with Crippen LogP contribution in [0, 0.1) is 0 Å². The van der Waals surface area contributed by atoms with Crippen LogP contribution in [-0.4, -0.2) is 29.3 Å². The summed E-state index contributed by atoms with van der Waals surface area (Å²) in [5.74, 6) is 0.765. The van der Waals surface area contributed by atoms with Crippen molar-refractivity contribution in [1.29, 1.82) is 0 Å². The second-order valence-corrected chi connectivity index (χ2v) is 5.98. The fourth-order valence-electron chi connectivity index (χ4n) is 3.16. The molecule has 0 bridgehead atoms. The van der Waals surface area contributed by atoms with Gasteiger partial charge >= 0.3 is 0 Å². The largest absolute Gasteiger partial charge is 0.372 e. The zero-order chi connectivity index (χ0) is 13.9. The van der Waals surface area contributed by atoms with Gasteiger partial charge in [0.25, 0.3) is 5.91 Å². The summed E-state index contributed by atoms with van der Waals surface area (Å²) in [6.07, 6.45) is 4.26. The summed E-state index contributed by atoms with van der Waals surface area (Å²) < 4.78 is 5.41. The third-order valence-electron chi connectivity index (χ3n) is 4.30. The van der Waals surface area contributed by atoms with E-state index in [-0.39, 0.29) is 5.91 Å². The number of carbonyl (C=O) groups is 1. The summed E-state index contributed by atoms with van der Waals surface area (Å²) in [6.45, 7) is 2.15. The summed E-state index contributed by atoms with van der Waals surface area (Å²) in [5.41, 5.74) is 3.15. The van der Waals surface area contributed by atoms with Gasteiger partial charge in [-0.25, -0.2) is 0 Å². The summed E-state index contributed by atoms with van der Waals surface area (Å²) >= 11 is 5.87. The van der Waals surface area contributed by atoms with Crippen LogP contribution in [0.1, 0.15) is 47.2 Å². The molecule has 1 atom stereocenters. The van der Waals surface area contributed by atoms with E-state index in [1.165, 1.54) is 12.0 Å². The van der Waals surface area contributed by atoms with Gasteiger partial charge in [0.1, 0.15) is 0 Å². The maximum atomic E-state index is 12.7. The van der Waals surface area contributed by atoms with Crippen molar-refractivity contribution in [1.82, 2.24) is 4.90 Å². The van der Waals surface area contributed by atoms with E-state index in [0.29, 0.717) is 25.1 Å². The molecule has 4 heteroatoms. The number of rotatable bonds is 3. The van der Waals surface area contributed by atoms with Gasteiger partial charge in [0.2, 0.25) is 0 Å². The lowest BCUT2D eigenvalue weighted by molar-refractivity contribution is 0.0609. The molecule has 0 aromatic heterocycles. The molecule has 0 N–H and O–H groups in total. The highest BCUT2D eigenvalue weighted by molar-refractivity contribution is 6.17. The smallest absolute Gasteiger partial charge is 0.254 e. The number of alkyl halides is 1. The third kappa shape index (κ3) is 2.70. The maximum Gasteiger partial charge on any atom is 0.254 e. The number of amides is 1. The monoisotopic (exact) mass is 293 g/mol. The standard InChI is InChI=1S/C16H20ClNO2/c17-7-6-15-3-1-2-8-18(15)16(19)12-4-5-13-10-20-11-14(13)9-12/h4-5,9,15H,1-3,6-8,10-11H2. The first kappa shape index (κ1) is 13.9. The number of halogens is 1. The van der Waals surface area contributed by atoms with E-state index in [4.69, 9.17) is 16.3 Å². The fraction of sp³-hybridized carbons (Fsp3) is 0.562. The van der Waals surface area contributed by atoms with Crippen molar-refractivity contribution in [3.05, 3.63) is 34.9 Å². The van der Waals surface area contributed by atoms with E-state index >= 15 is 0 Å². The van der Waals surface area contributed by atoms with Crippen LogP contribution in [0.15, 0.2) is 18.2 Å². The minimum Gasteiger partial charge on any atom is -0.372 e. The topological polar surface area (TPSA) is 29.5 Å². The number of ether oxygens (including phenoxy) is 1. The van der Waals surface area contributed by atoms with Gasteiger partial charge < -0.3 is 9.64 Å². The van der Waals surface area contributed by atoms with Crippen LogP contribution >= 0.6 is 11.6 Å². The molecule has 2 aliphatic heterocycles. The van der Waals surface area contributed by atoms with Gasteiger partial charge in [-0.15, -0.1) is 11.6 Å². The zero-order valence-corrected chi connectivity index (χ0v) is 12.4. The summed E-state index contributed by atoms with van der Waals surface area (Å²) in [5, 5.41) is 0. The summed E-state index contributed by atoms with van der Waals surface area (Å²) in [4.78, 5) is 14.7. The van der Waals surface area contributed by atoms with Crippen molar-refractivity contribution in [2.24, 2.45) is 0 Å². The Morgan fingerprint density at radius 2 is 2.15 bits per heavy atom. The highest BCUT2D eigenvalue weighted by Crippen LogP contribution is 2.25. The third-order valence-corrected chi connectivity index (χ3v) is 4.52. The highest BCUT2D eigenvalue weighted by Gasteiger charge is 2.27. The number of carbonyl (C=O) groups excluding carboxylic acids is 1. The maximum absolute atomic E-state index is 12.7. The van der Waals surface area contributed by atoms with Crippen molar-refractivity contribution in [2.75, 3.05) is 12.4 Å². The summed E-state index contributed by atoms with van der Waals surface area (Å²) in [6, 6.07) is 6.26. The highest BCUT2D eigenvalue weighted by atomic mass is 35.5. The van der Waals surface area contributed by atoms with Gasteiger partial charge in [-0.2, -0.15) is 0 Å². The molecule has 3 nitrogen and oxygen atoms in total. The van der Waals surface area contributed by atoms with Crippen LogP contribution in [0.4, 0.5) is 0 Å². The average molecular weight is 294 g/mol. The quantitative estimate of drug-likeness (QED) is 0.800. The van der Waals surface area contributed by atoms with E-state index < -0.39 is 0 Å². The number of benzene rings is 1. The van der Waals surface area contributed by atoms with E-state index in [0.717, 1.165) is 36.9 Å². The van der Waals surface area contributed by atoms with E-state index in [2.05, 4.69) is 0 Å². The van der Waals surface area contributed by atoms with Crippen LogP contribution in [0.2, 0.25) is 0 Å². The lowest BCUT2D eigenvalue weighted by atomic mass is 9.98. The van der Waals surface area contributed by atoms with Crippen molar-refractivity contribution in [2.45, 2.75) is 44.9 Å². The van der Waals surface area contributed by atoms with E-state index in [1.54, 1.807) is 0 Å². The lowest BCUT2D eigenvalue weighted by Crippen LogP contribution is -2.44. The Balaban J connectivity index is 1.80. The van der Waals surface area contributed by atoms with Crippen LogP contribution in [-0.2, 0) is 18.0 Å². The van der Waals surface area contributed by atoms with Crippen molar-refractivity contribution in [3.8, 4) is 0 Å². The molecule has 1 aromatic carbocycles. The Labute approximate surface area is 124 Å². The first-order valence-electron chi connectivity index (χ1n) is 7.36. The van der Waals surface area contributed by atoms with Crippen LogP contribution in [0.3, 0.4) is 0 Å². The van der Waals surface area contributed by atoms with E-state index in [9.17, 15) is 4.79 Å². The molecule has 2 aliphatic rings. The summed E-state index contributed by atoms with van der Waals surface area (Å²) in [7, 11) is 0. The minimum absolute atomic E-state index is 0.148. The predicted octanol–water partition coefficient (Wildman–Crippen LogP) is 3.34. The van der Waals surface area contributed by atoms with Gasteiger partial charge in [0, 0.05) is 24.0 Å². The molecular weight excluding hydrogens is 274 g/mol. The molecule has 0 spiro atoms. The molecule has 2 heterocycles. The zero-order valence-electron chi connectivity index (χ0n) is 11.6. The average Bonchev–Trinajstić information content (AvgIpc) is 2.95. The van der Waals surface area contributed by atoms with E-state index in [1.807, 2.05) is 23.1 Å². The SMILES string of the molecule is O=C(c1ccc2c(c1)COC2)N1CCCCC1CCCl. The molecule has 20 heavy (non-hydrogen) atoms. The van der Waals surface area contributed by atoms with Crippen LogP contribution < -0.4 is 0 Å². The number of hydrogen-bond donors (Lipinski definition) is 0. The number of likely N-dealkylation sites (tertiary alicyclic amines) is 1. The Hall–Kier alpha value is -1.06. The molecule has 1 amide bonds. The molecule has 0 radical (unpaired) electrons. The molecule has 0 saturated carbocycles. The minimum atomic E-state index is 0.148. The van der Waals surface area contributed by atoms with Crippen molar-refractivity contribution < 1.29 is 9.53 Å². The Morgan fingerprint density at radius 3 is 3.00 bits per heavy atom. The van der Waals surface area contributed by atoms with Gasteiger partial charge in [-0.3, -0.25) is 4.79 Å². The Morgan fingerprint density at radius 1 is 1.30 bits per heavy atom. The van der Waals surface area contributed by atoms with Crippen LogP contribution in [0.5, 0.6) is 0 Å². The van der Waals surface area contributed by atoms with Gasteiger partial charge in [0.05, 0.1) is 13.2 Å². The molecule has 1 saturated heterocycles. The first-order chi connectivity index (χ1) is 9.79. The van der Waals surface area contributed by atoms with Crippen molar-refractivity contribution in [3.63, 3.8) is 0 Å². The molecule has 1 fully saturated rings. The Bertz CT molecular complexity index is 501. The van der Waals surface area contributed by atoms with Gasteiger partial charge in [-0.05, 0) is 48.9 Å². The number of nitrogens with zero attached hydrogens (tertiary/aromatic N) is 1. The normalized spacial score (nSPS) is 21.9. The molecular formula is C16H20ClNO2. The van der Waals surface area contributed by atoms with Gasteiger partial charge in [-0.1, -0.05) is 6.07 Å². The molecule has 0 aliphatic carbocycles. The second kappa shape index (κ2) is 6.15. The molecule has 1 aromatic rings. The predicted molar refractivity (Wildman–Crippen MR) is 78.9 cm³/mol. The first-order valence-corrected chi connectivity index (χ1v) is 7.89. The van der Waals surface area contributed by atoms with Gasteiger partial charge in [0.15, 0.2) is 0 Å². The number of hydrogen-bond acceptors (Lipinski definition) is 2. The fourth-order valence-corrected chi connectivity index (χ4v) is 3.42. The van der Waals surface area contributed by atoms with Crippen LogP contribution in [0.25, 0.3) is 0 Å². The van der Waals surface area contributed by atoms with Crippen molar-refractivity contribution >= 4 is 17.5 Å².